The molecule has 0 saturated heterocycles. The molecule has 1 atom stereocenters. The Morgan fingerprint density at radius 1 is 1.33 bits per heavy atom. The lowest BCUT2D eigenvalue weighted by Gasteiger charge is -1.99. The van der Waals surface area contributed by atoms with Gasteiger partial charge < -0.3 is 0 Å². The van der Waals surface area contributed by atoms with E-state index in [4.69, 9.17) is 4.78 Å². The van der Waals surface area contributed by atoms with E-state index >= 15 is 0 Å². The lowest BCUT2D eigenvalue weighted by atomic mass is 10.4. The van der Waals surface area contributed by atoms with Crippen molar-refractivity contribution in [3.63, 3.8) is 0 Å². The van der Waals surface area contributed by atoms with Gasteiger partial charge in [-0.3, -0.25) is 0 Å². The van der Waals surface area contributed by atoms with Crippen molar-refractivity contribution in [3.05, 3.63) is 28.7 Å². The van der Waals surface area contributed by atoms with Crippen LogP contribution in [0.2, 0.25) is 0 Å². The molecule has 0 aromatic heterocycles. The number of hydrogen-bond acceptors (Lipinski definition) is 2. The summed E-state index contributed by atoms with van der Waals surface area (Å²) in [6, 6.07) is 6.96. The minimum Gasteiger partial charge on any atom is -0.249 e. The van der Waals surface area contributed by atoms with Crippen LogP contribution in [-0.4, -0.2) is 10.5 Å². The first-order valence-corrected chi connectivity index (χ1v) is 5.75. The predicted octanol–water partition coefficient (Wildman–Crippen LogP) is 2.91. The second-order valence-corrected chi connectivity index (χ2v) is 5.37. The van der Waals surface area contributed by atoms with E-state index in [1.54, 1.807) is 24.3 Å². The van der Waals surface area contributed by atoms with Crippen LogP contribution in [-0.2, 0) is 9.73 Å². The third-order valence-corrected chi connectivity index (χ3v) is 2.96. The molecule has 0 aliphatic rings. The van der Waals surface area contributed by atoms with Crippen LogP contribution in [0.4, 0.5) is 0 Å². The highest BCUT2D eigenvalue weighted by Gasteiger charge is 2.00. The van der Waals surface area contributed by atoms with Crippen molar-refractivity contribution in [3.8, 4) is 0 Å². The molecule has 12 heavy (non-hydrogen) atoms. The molecule has 0 saturated carbocycles. The minimum absolute atomic E-state index is 0. The molecule has 0 aliphatic carbocycles. The Morgan fingerprint density at radius 2 is 1.75 bits per heavy atom. The molecule has 2 nitrogen and oxygen atoms in total. The molecule has 0 spiro atoms. The highest BCUT2D eigenvalue weighted by molar-refractivity contribution is 9.10. The third-order valence-electron chi connectivity index (χ3n) is 1.26. The monoisotopic (exact) mass is 269 g/mol. The molecular weight excluding hydrogens is 262 g/mol. The van der Waals surface area contributed by atoms with Gasteiger partial charge in [0.05, 0.1) is 9.73 Å². The SMILES string of the molecule is CS(=N)(=O)c1ccc(Br)cc1.Cl. The molecule has 1 aromatic rings. The van der Waals surface area contributed by atoms with Gasteiger partial charge in [-0.05, 0) is 24.3 Å². The van der Waals surface area contributed by atoms with Crippen LogP contribution in [0.15, 0.2) is 33.6 Å². The Labute approximate surface area is 86.9 Å². The zero-order valence-corrected chi connectivity index (χ0v) is 9.63. The zero-order chi connectivity index (χ0) is 8.48. The lowest BCUT2D eigenvalue weighted by molar-refractivity contribution is 0.679. The predicted molar refractivity (Wildman–Crippen MR) is 56.4 cm³/mol. The summed E-state index contributed by atoms with van der Waals surface area (Å²) in [5, 5.41) is 0. The summed E-state index contributed by atoms with van der Waals surface area (Å²) in [5.41, 5.74) is 0. The molecule has 0 amide bonds. The Balaban J connectivity index is 0.00000121. The number of rotatable bonds is 1. The van der Waals surface area contributed by atoms with Crippen molar-refractivity contribution in [1.29, 1.82) is 4.78 Å². The van der Waals surface area contributed by atoms with E-state index in [0.717, 1.165) is 4.47 Å². The quantitative estimate of drug-likeness (QED) is 0.837. The second-order valence-electron chi connectivity index (χ2n) is 2.30. The van der Waals surface area contributed by atoms with Gasteiger partial charge in [-0.2, -0.15) is 0 Å². The van der Waals surface area contributed by atoms with Crippen LogP contribution < -0.4 is 0 Å². The van der Waals surface area contributed by atoms with Crippen molar-refractivity contribution < 1.29 is 4.21 Å². The fourth-order valence-electron chi connectivity index (χ4n) is 0.694. The van der Waals surface area contributed by atoms with Gasteiger partial charge in [0.2, 0.25) is 0 Å². The molecule has 68 valence electrons. The molecular formula is C7H9BrClNOS. The van der Waals surface area contributed by atoms with Crippen molar-refractivity contribution in [2.75, 3.05) is 6.26 Å². The van der Waals surface area contributed by atoms with E-state index in [1.807, 2.05) is 0 Å². The fourth-order valence-corrected chi connectivity index (χ4v) is 1.61. The maximum absolute atomic E-state index is 11.2. The zero-order valence-electron chi connectivity index (χ0n) is 6.41. The Morgan fingerprint density at radius 3 is 2.08 bits per heavy atom. The fraction of sp³-hybridized carbons (Fsp3) is 0.143. The Hall–Kier alpha value is -0.0600. The minimum atomic E-state index is -2.54. The first-order chi connectivity index (χ1) is 5.00. The maximum atomic E-state index is 11.2. The highest BCUT2D eigenvalue weighted by Crippen LogP contribution is 2.14. The maximum Gasteiger partial charge on any atom is 0.0696 e. The third kappa shape index (κ3) is 3.13. The summed E-state index contributed by atoms with van der Waals surface area (Å²) in [6.45, 7) is 0. The molecule has 0 heterocycles. The van der Waals surface area contributed by atoms with Gasteiger partial charge in [0.1, 0.15) is 0 Å². The Kier molecular flexibility index (Phi) is 4.23. The second kappa shape index (κ2) is 4.25. The summed E-state index contributed by atoms with van der Waals surface area (Å²) >= 11 is 3.26. The van der Waals surface area contributed by atoms with E-state index < -0.39 is 9.73 Å². The van der Waals surface area contributed by atoms with Gasteiger partial charge in [0.15, 0.2) is 0 Å². The first-order valence-electron chi connectivity index (χ1n) is 2.99. The van der Waals surface area contributed by atoms with Gasteiger partial charge in [0, 0.05) is 15.6 Å². The van der Waals surface area contributed by atoms with Gasteiger partial charge in [-0.25, -0.2) is 8.99 Å². The molecule has 0 bridgehead atoms. The first kappa shape index (κ1) is 11.9. The molecule has 0 radical (unpaired) electrons. The number of hydrogen-bond donors (Lipinski definition) is 1. The topological polar surface area (TPSA) is 40.9 Å². The van der Waals surface area contributed by atoms with Gasteiger partial charge in [-0.15, -0.1) is 12.4 Å². The van der Waals surface area contributed by atoms with Crippen molar-refractivity contribution in [2.24, 2.45) is 0 Å². The van der Waals surface area contributed by atoms with Gasteiger partial charge in [-0.1, -0.05) is 15.9 Å². The lowest BCUT2D eigenvalue weighted by Crippen LogP contribution is -1.93. The summed E-state index contributed by atoms with van der Waals surface area (Å²) in [7, 11) is -2.54. The molecule has 1 unspecified atom stereocenters. The molecule has 1 aromatic carbocycles. The van der Waals surface area contributed by atoms with Crippen LogP contribution in [0, 0.1) is 4.78 Å². The molecule has 5 heteroatoms. The number of nitrogens with one attached hydrogen (secondary N) is 1. The molecule has 1 N–H and O–H groups in total. The van der Waals surface area contributed by atoms with Crippen LogP contribution in [0.25, 0.3) is 0 Å². The van der Waals surface area contributed by atoms with Gasteiger partial charge >= 0.3 is 0 Å². The van der Waals surface area contributed by atoms with Crippen LogP contribution in [0.3, 0.4) is 0 Å². The summed E-state index contributed by atoms with van der Waals surface area (Å²) in [6.07, 6.45) is 1.41. The summed E-state index contributed by atoms with van der Waals surface area (Å²) in [4.78, 5) is 0.570. The van der Waals surface area contributed by atoms with Crippen molar-refractivity contribution in [1.82, 2.24) is 0 Å². The average molecular weight is 271 g/mol. The largest absolute Gasteiger partial charge is 0.249 e. The van der Waals surface area contributed by atoms with Crippen LogP contribution >= 0.6 is 28.3 Å². The summed E-state index contributed by atoms with van der Waals surface area (Å²) < 4.78 is 19.3. The molecule has 0 aliphatic heterocycles. The van der Waals surface area contributed by atoms with Gasteiger partial charge in [0.25, 0.3) is 0 Å². The smallest absolute Gasteiger partial charge is 0.0696 e. The standard InChI is InChI=1S/C7H8BrNOS.ClH/c1-11(9,10)7-4-2-6(8)3-5-7;/h2-5,9H,1H3;1H. The van der Waals surface area contributed by atoms with E-state index in [2.05, 4.69) is 15.9 Å². The van der Waals surface area contributed by atoms with E-state index in [9.17, 15) is 4.21 Å². The summed E-state index contributed by atoms with van der Waals surface area (Å²) in [5.74, 6) is 0. The molecule has 0 fully saturated rings. The number of halogens is 2. The van der Waals surface area contributed by atoms with Crippen molar-refractivity contribution in [2.45, 2.75) is 4.90 Å². The van der Waals surface area contributed by atoms with Crippen molar-refractivity contribution >= 4 is 38.1 Å². The Bertz CT molecular complexity index is 346. The van der Waals surface area contributed by atoms with E-state index in [1.165, 1.54) is 6.26 Å². The number of benzene rings is 1. The van der Waals surface area contributed by atoms with Crippen LogP contribution in [0.1, 0.15) is 0 Å². The normalized spacial score (nSPS) is 14.5. The van der Waals surface area contributed by atoms with Crippen LogP contribution in [0.5, 0.6) is 0 Å². The average Bonchev–Trinajstić information content (AvgIpc) is 1.86. The van der Waals surface area contributed by atoms with E-state index in [0.29, 0.717) is 4.90 Å². The van der Waals surface area contributed by atoms with E-state index in [-0.39, 0.29) is 12.4 Å². The highest BCUT2D eigenvalue weighted by atomic mass is 79.9. The molecule has 1 rings (SSSR count).